The Balaban J connectivity index is 2.59. The average Bonchev–Trinajstić information content (AvgIpc) is 2.05. The topological polar surface area (TPSA) is 23.5 Å². The fourth-order valence-corrected chi connectivity index (χ4v) is 2.17. The van der Waals surface area contributed by atoms with Gasteiger partial charge in [-0.05, 0) is 14.1 Å². The first kappa shape index (κ1) is 9.66. The minimum atomic E-state index is -0.989. The fraction of sp³-hybridized carbons (Fsp3) is 0.333. The third kappa shape index (κ3) is 2.90. The molecule has 0 aliphatic carbocycles. The summed E-state index contributed by atoms with van der Waals surface area (Å²) in [6, 6.07) is 9.81. The van der Waals surface area contributed by atoms with E-state index in [1.165, 1.54) is 0 Å². The second-order valence-corrected chi connectivity index (χ2v) is 4.55. The molecule has 1 atom stereocenters. The molecule has 0 amide bonds. The Morgan fingerprint density at radius 3 is 2.33 bits per heavy atom. The van der Waals surface area contributed by atoms with Crippen molar-refractivity contribution in [1.82, 2.24) is 4.90 Å². The van der Waals surface area contributed by atoms with Gasteiger partial charge in [0.2, 0.25) is 0 Å². The second kappa shape index (κ2) is 4.56. The van der Waals surface area contributed by atoms with Crippen molar-refractivity contribution in [3.05, 3.63) is 30.3 Å². The minimum Gasteiger partial charge on any atom is -0.368 e. The van der Waals surface area contributed by atoms with Gasteiger partial charge in [-0.25, -0.2) is 0 Å². The highest BCUT2D eigenvalue weighted by Crippen LogP contribution is 2.28. The molecule has 1 N–H and O–H groups in total. The van der Waals surface area contributed by atoms with Crippen LogP contribution in [0, 0.1) is 0 Å². The predicted octanol–water partition coefficient (Wildman–Crippen LogP) is 1.22. The molecule has 0 radical (unpaired) electrons. The summed E-state index contributed by atoms with van der Waals surface area (Å²) in [7, 11) is 2.94. The van der Waals surface area contributed by atoms with E-state index in [1.807, 2.05) is 49.3 Å². The lowest BCUT2D eigenvalue weighted by Crippen LogP contribution is -2.15. The molecule has 0 heterocycles. The van der Waals surface area contributed by atoms with Crippen molar-refractivity contribution in [2.45, 2.75) is 0 Å². The second-order valence-electron chi connectivity index (χ2n) is 2.96. The van der Waals surface area contributed by atoms with Gasteiger partial charge in [0.25, 0.3) is 0 Å². The molecule has 1 unspecified atom stereocenters. The molecular weight excluding hydrogens is 169 g/mol. The first-order chi connectivity index (χ1) is 5.70. The molecule has 1 aromatic rings. The van der Waals surface area contributed by atoms with Crippen LogP contribution in [0.5, 0.6) is 0 Å². The summed E-state index contributed by atoms with van der Waals surface area (Å²) in [5.41, 5.74) is 0. The highest BCUT2D eigenvalue weighted by molar-refractivity contribution is 7.59. The molecule has 0 fully saturated rings. The van der Waals surface area contributed by atoms with Gasteiger partial charge in [-0.3, -0.25) is 0 Å². The molecular formula is C9H14NOP. The van der Waals surface area contributed by atoms with E-state index in [4.69, 9.17) is 0 Å². The summed E-state index contributed by atoms with van der Waals surface area (Å²) in [4.78, 5) is 11.7. The van der Waals surface area contributed by atoms with Crippen molar-refractivity contribution in [2.75, 3.05) is 20.4 Å². The first-order valence-corrected chi connectivity index (χ1v) is 5.34. The van der Waals surface area contributed by atoms with Crippen LogP contribution in [0.2, 0.25) is 0 Å². The lowest BCUT2D eigenvalue weighted by Gasteiger charge is -2.15. The lowest BCUT2D eigenvalue weighted by atomic mass is 10.4. The van der Waals surface area contributed by atoms with E-state index in [9.17, 15) is 4.89 Å². The number of nitrogens with zero attached hydrogens (tertiary/aromatic N) is 1. The van der Waals surface area contributed by atoms with Crippen LogP contribution in [0.3, 0.4) is 0 Å². The zero-order valence-corrected chi connectivity index (χ0v) is 8.33. The molecule has 0 saturated heterocycles. The van der Waals surface area contributed by atoms with E-state index in [0.29, 0.717) is 0 Å². The van der Waals surface area contributed by atoms with Gasteiger partial charge < -0.3 is 9.79 Å². The Labute approximate surface area is 74.7 Å². The van der Waals surface area contributed by atoms with Crippen molar-refractivity contribution < 1.29 is 4.89 Å². The highest BCUT2D eigenvalue weighted by atomic mass is 31.1. The van der Waals surface area contributed by atoms with Gasteiger partial charge in [-0.2, -0.15) is 0 Å². The molecule has 0 bridgehead atoms. The molecule has 1 rings (SSSR count). The van der Waals surface area contributed by atoms with E-state index in [-0.39, 0.29) is 0 Å². The standard InChI is InChI=1S/C9H14NOP/c1-10(2)8-12(11)9-6-4-3-5-7-9/h3-7,11H,8H2,1-2H3. The van der Waals surface area contributed by atoms with Crippen LogP contribution in [0.4, 0.5) is 0 Å². The van der Waals surface area contributed by atoms with Crippen molar-refractivity contribution >= 4 is 13.5 Å². The van der Waals surface area contributed by atoms with Crippen molar-refractivity contribution in [1.29, 1.82) is 0 Å². The minimum absolute atomic E-state index is 0.735. The van der Waals surface area contributed by atoms with Crippen LogP contribution in [-0.4, -0.2) is 30.2 Å². The van der Waals surface area contributed by atoms with Gasteiger partial charge in [0.1, 0.15) is 0 Å². The molecule has 3 heteroatoms. The number of hydrogen-bond donors (Lipinski definition) is 1. The Bertz CT molecular complexity index is 225. The Kier molecular flexibility index (Phi) is 3.67. The zero-order valence-electron chi connectivity index (χ0n) is 7.44. The maximum Gasteiger partial charge on any atom is 0.0707 e. The first-order valence-electron chi connectivity index (χ1n) is 3.86. The quantitative estimate of drug-likeness (QED) is 0.712. The molecule has 0 saturated carbocycles. The molecule has 2 nitrogen and oxygen atoms in total. The Hall–Kier alpha value is -0.430. The van der Waals surface area contributed by atoms with Crippen LogP contribution >= 0.6 is 8.15 Å². The van der Waals surface area contributed by atoms with Gasteiger partial charge in [0.15, 0.2) is 0 Å². The van der Waals surface area contributed by atoms with Crippen molar-refractivity contribution in [2.24, 2.45) is 0 Å². The molecule has 66 valence electrons. The van der Waals surface area contributed by atoms with E-state index in [1.54, 1.807) is 0 Å². The summed E-state index contributed by atoms with van der Waals surface area (Å²) in [6.45, 7) is 0. The van der Waals surface area contributed by atoms with E-state index in [0.717, 1.165) is 11.6 Å². The Morgan fingerprint density at radius 2 is 1.83 bits per heavy atom. The summed E-state index contributed by atoms with van der Waals surface area (Å²) in [5, 5.41) is 1.04. The van der Waals surface area contributed by atoms with Crippen LogP contribution in [0.15, 0.2) is 30.3 Å². The zero-order chi connectivity index (χ0) is 8.97. The van der Waals surface area contributed by atoms with E-state index < -0.39 is 8.15 Å². The smallest absolute Gasteiger partial charge is 0.0707 e. The molecule has 0 aliphatic rings. The predicted molar refractivity (Wildman–Crippen MR) is 53.8 cm³/mol. The molecule has 0 aliphatic heterocycles. The SMILES string of the molecule is CN(C)CP(O)c1ccccc1. The largest absolute Gasteiger partial charge is 0.368 e. The van der Waals surface area contributed by atoms with Crippen molar-refractivity contribution in [3.63, 3.8) is 0 Å². The monoisotopic (exact) mass is 183 g/mol. The van der Waals surface area contributed by atoms with Crippen LogP contribution in [-0.2, 0) is 0 Å². The van der Waals surface area contributed by atoms with Gasteiger partial charge in [-0.1, -0.05) is 30.3 Å². The third-order valence-electron chi connectivity index (χ3n) is 1.47. The summed E-state index contributed by atoms with van der Waals surface area (Å²) in [6.07, 6.45) is 0.735. The summed E-state index contributed by atoms with van der Waals surface area (Å²) < 4.78 is 0. The van der Waals surface area contributed by atoms with E-state index in [2.05, 4.69) is 0 Å². The van der Waals surface area contributed by atoms with Crippen LogP contribution < -0.4 is 5.30 Å². The average molecular weight is 183 g/mol. The maximum atomic E-state index is 9.71. The summed E-state index contributed by atoms with van der Waals surface area (Å²) >= 11 is 0. The number of rotatable bonds is 3. The highest BCUT2D eigenvalue weighted by Gasteiger charge is 2.06. The van der Waals surface area contributed by atoms with Gasteiger partial charge in [0, 0.05) is 11.6 Å². The van der Waals surface area contributed by atoms with Crippen LogP contribution in [0.25, 0.3) is 0 Å². The van der Waals surface area contributed by atoms with E-state index >= 15 is 0 Å². The maximum absolute atomic E-state index is 9.71. The summed E-state index contributed by atoms with van der Waals surface area (Å²) in [5.74, 6) is 0. The van der Waals surface area contributed by atoms with Gasteiger partial charge in [-0.15, -0.1) is 0 Å². The number of benzene rings is 1. The fourth-order valence-electron chi connectivity index (χ4n) is 0.950. The third-order valence-corrected chi connectivity index (χ3v) is 3.20. The van der Waals surface area contributed by atoms with Gasteiger partial charge in [0.05, 0.1) is 8.15 Å². The molecule has 12 heavy (non-hydrogen) atoms. The van der Waals surface area contributed by atoms with Crippen LogP contribution in [0.1, 0.15) is 0 Å². The van der Waals surface area contributed by atoms with Gasteiger partial charge >= 0.3 is 0 Å². The normalized spacial score (nSPS) is 13.3. The molecule has 1 aromatic carbocycles. The lowest BCUT2D eigenvalue weighted by molar-refractivity contribution is 0.464. The Morgan fingerprint density at radius 1 is 1.25 bits per heavy atom. The molecule has 0 aromatic heterocycles. The van der Waals surface area contributed by atoms with Crippen molar-refractivity contribution in [3.8, 4) is 0 Å². The number of hydrogen-bond acceptors (Lipinski definition) is 2. The molecule has 0 spiro atoms.